The summed E-state index contributed by atoms with van der Waals surface area (Å²) in [6.07, 6.45) is 0.738. The summed E-state index contributed by atoms with van der Waals surface area (Å²) in [6.45, 7) is 5.83. The monoisotopic (exact) mass is 309 g/mol. The Labute approximate surface area is 127 Å². The Kier molecular flexibility index (Phi) is 4.73. The fourth-order valence-corrected chi connectivity index (χ4v) is 2.81. The zero-order valence-corrected chi connectivity index (χ0v) is 13.2. The third kappa shape index (κ3) is 3.55. The highest BCUT2D eigenvalue weighted by atomic mass is 35.5. The molecule has 0 bridgehead atoms. The topological polar surface area (TPSA) is 54.9 Å². The number of thiazole rings is 1. The molecule has 0 aromatic carbocycles. The molecular weight excluding hydrogens is 294 g/mol. The maximum Gasteiger partial charge on any atom is 0.252 e. The fourth-order valence-electron chi connectivity index (χ4n) is 1.78. The molecule has 0 fully saturated rings. The number of nitrogens with one attached hydrogen (secondary N) is 1. The van der Waals surface area contributed by atoms with E-state index in [2.05, 4.69) is 15.3 Å². The second-order valence-electron chi connectivity index (χ2n) is 4.55. The van der Waals surface area contributed by atoms with Gasteiger partial charge >= 0.3 is 0 Å². The molecule has 0 aliphatic carbocycles. The number of rotatable bonds is 4. The highest BCUT2D eigenvalue weighted by Gasteiger charge is 2.15. The van der Waals surface area contributed by atoms with E-state index < -0.39 is 0 Å². The molecule has 2 aromatic rings. The molecule has 1 N–H and O–H groups in total. The lowest BCUT2D eigenvalue weighted by atomic mass is 10.2. The number of aryl methyl sites for hydroxylation is 2. The molecule has 4 nitrogen and oxygen atoms in total. The van der Waals surface area contributed by atoms with Crippen molar-refractivity contribution in [1.82, 2.24) is 15.3 Å². The Hall–Kier alpha value is -1.46. The smallest absolute Gasteiger partial charge is 0.252 e. The van der Waals surface area contributed by atoms with Crippen molar-refractivity contribution < 1.29 is 4.79 Å². The van der Waals surface area contributed by atoms with Gasteiger partial charge in [-0.15, -0.1) is 11.3 Å². The molecule has 0 radical (unpaired) electrons. The molecule has 0 spiro atoms. The van der Waals surface area contributed by atoms with Gasteiger partial charge in [-0.3, -0.25) is 4.79 Å². The Morgan fingerprint density at radius 2 is 2.20 bits per heavy atom. The first-order valence-electron chi connectivity index (χ1n) is 6.39. The van der Waals surface area contributed by atoms with Crippen molar-refractivity contribution in [3.05, 3.63) is 44.6 Å². The lowest BCUT2D eigenvalue weighted by molar-refractivity contribution is 0.0939. The van der Waals surface area contributed by atoms with E-state index in [1.165, 1.54) is 0 Å². The van der Waals surface area contributed by atoms with Gasteiger partial charge in [0.05, 0.1) is 6.04 Å². The van der Waals surface area contributed by atoms with Crippen LogP contribution in [0.5, 0.6) is 0 Å². The van der Waals surface area contributed by atoms with Crippen molar-refractivity contribution in [3.8, 4) is 0 Å². The number of hydrogen-bond donors (Lipinski definition) is 1. The van der Waals surface area contributed by atoms with Crippen molar-refractivity contribution in [2.75, 3.05) is 0 Å². The standard InChI is InChI=1S/C14H16ClN3OS/c1-4-11-5-10(6-12(15)18-11)13(19)17-9(3)14-16-8(2)7-20-14/h5-7,9H,4H2,1-3H3,(H,17,19). The first-order valence-corrected chi connectivity index (χ1v) is 7.64. The minimum Gasteiger partial charge on any atom is -0.343 e. The van der Waals surface area contributed by atoms with Gasteiger partial charge in [0.1, 0.15) is 10.2 Å². The molecule has 2 heterocycles. The van der Waals surface area contributed by atoms with Crippen molar-refractivity contribution in [2.24, 2.45) is 0 Å². The average molecular weight is 310 g/mol. The third-order valence-electron chi connectivity index (χ3n) is 2.83. The first kappa shape index (κ1) is 14.9. The summed E-state index contributed by atoms with van der Waals surface area (Å²) in [5, 5.41) is 6.13. The highest BCUT2D eigenvalue weighted by Crippen LogP contribution is 2.18. The van der Waals surface area contributed by atoms with Crippen molar-refractivity contribution in [1.29, 1.82) is 0 Å². The second-order valence-corrected chi connectivity index (χ2v) is 5.82. The summed E-state index contributed by atoms with van der Waals surface area (Å²) < 4.78 is 0. The van der Waals surface area contributed by atoms with Crippen LogP contribution in [-0.4, -0.2) is 15.9 Å². The molecule has 1 unspecified atom stereocenters. The van der Waals surface area contributed by atoms with Crippen LogP contribution in [0, 0.1) is 6.92 Å². The van der Waals surface area contributed by atoms with Crippen LogP contribution in [0.25, 0.3) is 0 Å². The minimum absolute atomic E-state index is 0.127. The largest absolute Gasteiger partial charge is 0.343 e. The van der Waals surface area contributed by atoms with E-state index in [-0.39, 0.29) is 11.9 Å². The molecule has 20 heavy (non-hydrogen) atoms. The van der Waals surface area contributed by atoms with Gasteiger partial charge < -0.3 is 5.32 Å². The molecule has 1 atom stereocenters. The lowest BCUT2D eigenvalue weighted by Gasteiger charge is -2.12. The summed E-state index contributed by atoms with van der Waals surface area (Å²) in [4.78, 5) is 20.8. The van der Waals surface area contributed by atoms with Crippen LogP contribution in [0.15, 0.2) is 17.5 Å². The maximum atomic E-state index is 12.2. The van der Waals surface area contributed by atoms with Gasteiger partial charge in [0.25, 0.3) is 5.91 Å². The Balaban J connectivity index is 2.13. The van der Waals surface area contributed by atoms with Crippen LogP contribution >= 0.6 is 22.9 Å². The molecule has 6 heteroatoms. The molecule has 0 saturated heterocycles. The van der Waals surface area contributed by atoms with Crippen LogP contribution in [0.4, 0.5) is 0 Å². The van der Waals surface area contributed by atoms with Gasteiger partial charge in [0.2, 0.25) is 0 Å². The summed E-state index contributed by atoms with van der Waals surface area (Å²) in [5.74, 6) is -0.163. The summed E-state index contributed by atoms with van der Waals surface area (Å²) in [5.41, 5.74) is 2.30. The number of hydrogen-bond acceptors (Lipinski definition) is 4. The molecule has 0 aliphatic heterocycles. The number of halogens is 1. The minimum atomic E-state index is -0.163. The zero-order valence-electron chi connectivity index (χ0n) is 11.6. The molecule has 2 rings (SSSR count). The van der Waals surface area contributed by atoms with E-state index in [1.54, 1.807) is 23.5 Å². The van der Waals surface area contributed by atoms with Crippen LogP contribution in [0.2, 0.25) is 5.15 Å². The van der Waals surface area contributed by atoms with Crippen LogP contribution in [0.3, 0.4) is 0 Å². The summed E-state index contributed by atoms with van der Waals surface area (Å²) in [6, 6.07) is 3.22. The highest BCUT2D eigenvalue weighted by molar-refractivity contribution is 7.09. The second kappa shape index (κ2) is 6.33. The Morgan fingerprint density at radius 1 is 1.45 bits per heavy atom. The molecule has 2 aromatic heterocycles. The normalized spacial score (nSPS) is 12.2. The van der Waals surface area contributed by atoms with Crippen LogP contribution in [-0.2, 0) is 6.42 Å². The van der Waals surface area contributed by atoms with E-state index in [1.807, 2.05) is 26.2 Å². The maximum absolute atomic E-state index is 12.2. The third-order valence-corrected chi connectivity index (χ3v) is 4.17. The van der Waals surface area contributed by atoms with Crippen molar-refractivity contribution in [3.63, 3.8) is 0 Å². The lowest BCUT2D eigenvalue weighted by Crippen LogP contribution is -2.26. The van der Waals surface area contributed by atoms with Crippen molar-refractivity contribution >= 4 is 28.8 Å². The molecule has 106 valence electrons. The SMILES string of the molecule is CCc1cc(C(=O)NC(C)c2nc(C)cs2)cc(Cl)n1. The zero-order chi connectivity index (χ0) is 14.7. The van der Waals surface area contributed by atoms with Gasteiger partial charge in [-0.1, -0.05) is 18.5 Å². The van der Waals surface area contributed by atoms with Gasteiger partial charge in [0, 0.05) is 22.3 Å². The van der Waals surface area contributed by atoms with E-state index in [9.17, 15) is 4.79 Å². The van der Waals surface area contributed by atoms with Gasteiger partial charge in [-0.05, 0) is 32.4 Å². The molecule has 0 aliphatic rings. The number of carbonyl (C=O) groups is 1. The van der Waals surface area contributed by atoms with Gasteiger partial charge in [0.15, 0.2) is 0 Å². The van der Waals surface area contributed by atoms with Crippen molar-refractivity contribution in [2.45, 2.75) is 33.2 Å². The predicted molar refractivity (Wildman–Crippen MR) is 81.4 cm³/mol. The molecular formula is C14H16ClN3OS. The molecule has 1 amide bonds. The summed E-state index contributed by atoms with van der Waals surface area (Å²) in [7, 11) is 0. The van der Waals surface area contributed by atoms with E-state index in [0.29, 0.717) is 10.7 Å². The Morgan fingerprint density at radius 3 is 2.80 bits per heavy atom. The van der Waals surface area contributed by atoms with E-state index in [4.69, 9.17) is 11.6 Å². The number of nitrogens with zero attached hydrogens (tertiary/aromatic N) is 2. The van der Waals surface area contributed by atoms with E-state index >= 15 is 0 Å². The predicted octanol–water partition coefficient (Wildman–Crippen LogP) is 3.55. The number of aromatic nitrogens is 2. The molecule has 0 saturated carbocycles. The first-order chi connectivity index (χ1) is 9.49. The quantitative estimate of drug-likeness (QED) is 0.879. The van der Waals surface area contributed by atoms with Crippen LogP contribution < -0.4 is 5.32 Å². The fraction of sp³-hybridized carbons (Fsp3) is 0.357. The van der Waals surface area contributed by atoms with Gasteiger partial charge in [-0.25, -0.2) is 9.97 Å². The number of pyridine rings is 1. The Bertz CT molecular complexity index is 627. The van der Waals surface area contributed by atoms with Crippen LogP contribution in [0.1, 0.15) is 46.6 Å². The number of amides is 1. The number of carbonyl (C=O) groups excluding carboxylic acids is 1. The van der Waals surface area contributed by atoms with Gasteiger partial charge in [-0.2, -0.15) is 0 Å². The average Bonchev–Trinajstić information content (AvgIpc) is 2.84. The summed E-state index contributed by atoms with van der Waals surface area (Å²) >= 11 is 7.47. The van der Waals surface area contributed by atoms with E-state index in [0.717, 1.165) is 22.8 Å².